The maximum absolute atomic E-state index is 12.0. The zero-order chi connectivity index (χ0) is 11.9. The van der Waals surface area contributed by atoms with Crippen LogP contribution in [0.25, 0.3) is 0 Å². The number of anilines is 1. The lowest BCUT2D eigenvalue weighted by Crippen LogP contribution is -2.37. The van der Waals surface area contributed by atoms with Gasteiger partial charge < -0.3 is 10.4 Å². The van der Waals surface area contributed by atoms with E-state index in [1.807, 2.05) is 19.9 Å². The van der Waals surface area contributed by atoms with E-state index in [2.05, 4.69) is 5.32 Å². The molecule has 2 rings (SSSR count). The van der Waals surface area contributed by atoms with Crippen LogP contribution in [-0.2, 0) is 9.84 Å². The Kier molecular flexibility index (Phi) is 2.67. The van der Waals surface area contributed by atoms with Gasteiger partial charge in [0.2, 0.25) is 0 Å². The molecule has 1 aliphatic rings. The fourth-order valence-corrected chi connectivity index (χ4v) is 3.58. The van der Waals surface area contributed by atoms with Gasteiger partial charge in [0.1, 0.15) is 0 Å². The van der Waals surface area contributed by atoms with Crippen LogP contribution in [0.3, 0.4) is 0 Å². The van der Waals surface area contributed by atoms with Crippen molar-refractivity contribution in [2.75, 3.05) is 17.7 Å². The third-order valence-corrected chi connectivity index (χ3v) is 4.78. The van der Waals surface area contributed by atoms with E-state index in [9.17, 15) is 8.42 Å². The summed E-state index contributed by atoms with van der Waals surface area (Å²) in [5, 5.41) is 12.1. The summed E-state index contributed by atoms with van der Waals surface area (Å²) in [5.41, 5.74) is 2.61. The number of sulfone groups is 1. The van der Waals surface area contributed by atoms with Crippen LogP contribution < -0.4 is 5.32 Å². The summed E-state index contributed by atoms with van der Waals surface area (Å²) in [5.74, 6) is -0.0427. The molecule has 0 aromatic heterocycles. The molecule has 1 unspecified atom stereocenters. The van der Waals surface area contributed by atoms with Gasteiger partial charge in [-0.3, -0.25) is 0 Å². The third kappa shape index (κ3) is 1.81. The number of aryl methyl sites for hydroxylation is 2. The lowest BCUT2D eigenvalue weighted by atomic mass is 10.1. The highest BCUT2D eigenvalue weighted by Gasteiger charge is 2.29. The van der Waals surface area contributed by atoms with Crippen molar-refractivity contribution in [2.45, 2.75) is 24.8 Å². The van der Waals surface area contributed by atoms with Gasteiger partial charge in [-0.15, -0.1) is 0 Å². The van der Waals surface area contributed by atoms with Gasteiger partial charge in [0.05, 0.1) is 29.0 Å². The molecular weight excluding hydrogens is 226 g/mol. The molecule has 0 aliphatic carbocycles. The van der Waals surface area contributed by atoms with Crippen molar-refractivity contribution < 1.29 is 13.5 Å². The first kappa shape index (κ1) is 11.4. The average molecular weight is 241 g/mol. The molecule has 0 bridgehead atoms. The summed E-state index contributed by atoms with van der Waals surface area (Å²) in [6, 6.07) is 3.12. The van der Waals surface area contributed by atoms with Gasteiger partial charge in [-0.25, -0.2) is 8.42 Å². The molecule has 0 radical (unpaired) electrons. The van der Waals surface area contributed by atoms with E-state index < -0.39 is 15.9 Å². The fourth-order valence-electron chi connectivity index (χ4n) is 1.87. The molecule has 0 spiro atoms. The van der Waals surface area contributed by atoms with Crippen molar-refractivity contribution in [2.24, 2.45) is 0 Å². The lowest BCUT2D eigenvalue weighted by Gasteiger charge is -2.26. The molecule has 2 N–H and O–H groups in total. The molecule has 1 aromatic rings. The van der Waals surface area contributed by atoms with E-state index in [1.54, 1.807) is 6.07 Å². The summed E-state index contributed by atoms with van der Waals surface area (Å²) >= 11 is 0. The first-order valence-corrected chi connectivity index (χ1v) is 6.80. The van der Waals surface area contributed by atoms with Crippen LogP contribution in [0.1, 0.15) is 11.1 Å². The Morgan fingerprint density at radius 2 is 2.00 bits per heavy atom. The van der Waals surface area contributed by atoms with E-state index in [0.717, 1.165) is 11.1 Å². The second-order valence-corrected chi connectivity index (χ2v) is 6.24. The average Bonchev–Trinajstić information content (AvgIpc) is 2.20. The molecule has 88 valence electrons. The molecule has 16 heavy (non-hydrogen) atoms. The second kappa shape index (κ2) is 3.75. The second-order valence-electron chi connectivity index (χ2n) is 4.24. The highest BCUT2D eigenvalue weighted by Crippen LogP contribution is 2.30. The smallest absolute Gasteiger partial charge is 0.182 e. The van der Waals surface area contributed by atoms with Crippen LogP contribution in [0.15, 0.2) is 17.0 Å². The van der Waals surface area contributed by atoms with Crippen molar-refractivity contribution in [3.63, 3.8) is 0 Å². The van der Waals surface area contributed by atoms with Gasteiger partial charge in [0.15, 0.2) is 9.84 Å². The summed E-state index contributed by atoms with van der Waals surface area (Å²) in [6.45, 7) is 3.65. The number of nitrogens with one attached hydrogen (secondary N) is 1. The van der Waals surface area contributed by atoms with Gasteiger partial charge in [-0.2, -0.15) is 0 Å². The Hall–Kier alpha value is -1.07. The molecular formula is C11H15NO3S. The van der Waals surface area contributed by atoms with E-state index in [4.69, 9.17) is 5.11 Å². The Morgan fingerprint density at radius 1 is 1.38 bits per heavy atom. The minimum absolute atomic E-state index is 0.0427. The number of aliphatic hydroxyl groups is 1. The topological polar surface area (TPSA) is 66.4 Å². The number of hydrogen-bond acceptors (Lipinski definition) is 4. The predicted molar refractivity (Wildman–Crippen MR) is 62.5 cm³/mol. The molecule has 1 heterocycles. The molecule has 1 aromatic carbocycles. The van der Waals surface area contributed by atoms with Crippen LogP contribution >= 0.6 is 0 Å². The van der Waals surface area contributed by atoms with Crippen LogP contribution in [0.4, 0.5) is 5.69 Å². The Labute approximate surface area is 95.2 Å². The van der Waals surface area contributed by atoms with Gasteiger partial charge in [-0.1, -0.05) is 0 Å². The molecule has 0 saturated carbocycles. The summed E-state index contributed by atoms with van der Waals surface area (Å²) in [7, 11) is -3.27. The normalized spacial score (nSPS) is 22.3. The predicted octanol–water partition coefficient (Wildman–Crippen LogP) is 0.864. The number of fused-ring (bicyclic) bond motifs is 1. The van der Waals surface area contributed by atoms with E-state index in [-0.39, 0.29) is 12.4 Å². The molecule has 1 atom stereocenters. The highest BCUT2D eigenvalue weighted by molar-refractivity contribution is 7.91. The first-order chi connectivity index (χ1) is 7.44. The number of benzene rings is 1. The largest absolute Gasteiger partial charge is 0.394 e. The Morgan fingerprint density at radius 3 is 2.62 bits per heavy atom. The maximum atomic E-state index is 12.0. The van der Waals surface area contributed by atoms with Crippen molar-refractivity contribution in [3.8, 4) is 0 Å². The fraction of sp³-hybridized carbons (Fsp3) is 0.455. The van der Waals surface area contributed by atoms with Crippen LogP contribution in [0, 0.1) is 13.8 Å². The summed E-state index contributed by atoms with van der Waals surface area (Å²) in [4.78, 5) is 0.348. The minimum atomic E-state index is -3.27. The van der Waals surface area contributed by atoms with Gasteiger partial charge in [0.25, 0.3) is 0 Å². The van der Waals surface area contributed by atoms with Crippen molar-refractivity contribution in [3.05, 3.63) is 23.3 Å². The van der Waals surface area contributed by atoms with Crippen LogP contribution in [-0.4, -0.2) is 31.9 Å². The molecule has 0 fully saturated rings. The van der Waals surface area contributed by atoms with E-state index >= 15 is 0 Å². The first-order valence-electron chi connectivity index (χ1n) is 5.15. The molecule has 1 aliphatic heterocycles. The third-order valence-electron chi connectivity index (χ3n) is 2.93. The minimum Gasteiger partial charge on any atom is -0.394 e. The zero-order valence-corrected chi connectivity index (χ0v) is 10.1. The van der Waals surface area contributed by atoms with Crippen LogP contribution in [0.2, 0.25) is 0 Å². The highest BCUT2D eigenvalue weighted by atomic mass is 32.2. The standard InChI is InChI=1S/C11H15NO3S/c1-7-3-10-11(4-8(7)2)16(14,15)6-9(5-13)12-10/h3-4,9,12-13H,5-6H2,1-2H3. The number of aliphatic hydroxyl groups excluding tert-OH is 1. The number of rotatable bonds is 1. The summed E-state index contributed by atoms with van der Waals surface area (Å²) in [6.07, 6.45) is 0. The zero-order valence-electron chi connectivity index (χ0n) is 9.32. The van der Waals surface area contributed by atoms with Gasteiger partial charge >= 0.3 is 0 Å². The maximum Gasteiger partial charge on any atom is 0.182 e. The molecule has 0 saturated heterocycles. The van der Waals surface area contributed by atoms with Gasteiger partial charge in [-0.05, 0) is 37.1 Å². The SMILES string of the molecule is Cc1cc2c(cc1C)S(=O)(=O)CC(CO)N2. The summed E-state index contributed by atoms with van der Waals surface area (Å²) < 4.78 is 23.9. The Bertz CT molecular complexity index is 522. The van der Waals surface area contributed by atoms with Crippen molar-refractivity contribution in [1.29, 1.82) is 0 Å². The van der Waals surface area contributed by atoms with Gasteiger partial charge in [0, 0.05) is 0 Å². The Balaban J connectivity index is 2.60. The van der Waals surface area contributed by atoms with Crippen molar-refractivity contribution in [1.82, 2.24) is 0 Å². The molecule has 4 nitrogen and oxygen atoms in total. The van der Waals surface area contributed by atoms with E-state index in [1.165, 1.54) is 0 Å². The quantitative estimate of drug-likeness (QED) is 0.765. The number of hydrogen-bond donors (Lipinski definition) is 2. The molecule has 0 amide bonds. The monoisotopic (exact) mass is 241 g/mol. The van der Waals surface area contributed by atoms with Crippen LogP contribution in [0.5, 0.6) is 0 Å². The lowest BCUT2D eigenvalue weighted by molar-refractivity contribution is 0.281. The van der Waals surface area contributed by atoms with Crippen molar-refractivity contribution >= 4 is 15.5 Å². The molecule has 5 heteroatoms. The van der Waals surface area contributed by atoms with E-state index in [0.29, 0.717) is 10.6 Å².